The molecule has 0 N–H and O–H groups in total. The Balaban J connectivity index is 1.85. The Kier molecular flexibility index (Phi) is 5.85. The van der Waals surface area contributed by atoms with Gasteiger partial charge in [-0.15, -0.1) is 11.3 Å². The first-order valence-electron chi connectivity index (χ1n) is 6.80. The summed E-state index contributed by atoms with van der Waals surface area (Å²) >= 11 is 4.98. The molecular formula is C14H20BrNO2S. The molecule has 0 atom stereocenters. The van der Waals surface area contributed by atoms with Crippen LogP contribution in [0.1, 0.15) is 34.3 Å². The summed E-state index contributed by atoms with van der Waals surface area (Å²) in [6.45, 7) is 4.49. The number of amides is 1. The molecule has 106 valence electrons. The van der Waals surface area contributed by atoms with Gasteiger partial charge in [0.25, 0.3) is 5.91 Å². The third kappa shape index (κ3) is 4.04. The van der Waals surface area contributed by atoms with Crippen LogP contribution in [-0.2, 0) is 11.2 Å². The number of alkyl halides is 1. The summed E-state index contributed by atoms with van der Waals surface area (Å²) in [4.78, 5) is 16.4. The number of likely N-dealkylation sites (tertiary alicyclic amines) is 1. The van der Waals surface area contributed by atoms with Gasteiger partial charge >= 0.3 is 0 Å². The molecule has 0 radical (unpaired) electrons. The van der Waals surface area contributed by atoms with Gasteiger partial charge in [0, 0.05) is 23.3 Å². The predicted octanol–water partition coefficient (Wildman–Crippen LogP) is 3.33. The van der Waals surface area contributed by atoms with E-state index in [2.05, 4.69) is 28.9 Å². The number of piperidine rings is 1. The van der Waals surface area contributed by atoms with Crippen LogP contribution in [0.2, 0.25) is 0 Å². The Hall–Kier alpha value is -0.390. The molecule has 19 heavy (non-hydrogen) atoms. The van der Waals surface area contributed by atoms with Gasteiger partial charge < -0.3 is 9.64 Å². The highest BCUT2D eigenvalue weighted by atomic mass is 79.9. The van der Waals surface area contributed by atoms with E-state index in [0.29, 0.717) is 6.10 Å². The van der Waals surface area contributed by atoms with Gasteiger partial charge in [-0.3, -0.25) is 4.79 Å². The van der Waals surface area contributed by atoms with E-state index < -0.39 is 0 Å². The molecule has 1 saturated heterocycles. The highest BCUT2D eigenvalue weighted by Crippen LogP contribution is 2.21. The van der Waals surface area contributed by atoms with E-state index in [4.69, 9.17) is 4.74 Å². The maximum Gasteiger partial charge on any atom is 0.263 e. The summed E-state index contributed by atoms with van der Waals surface area (Å²) in [5, 5.41) is 0.876. The zero-order chi connectivity index (χ0) is 13.7. The van der Waals surface area contributed by atoms with Crippen LogP contribution >= 0.6 is 27.3 Å². The van der Waals surface area contributed by atoms with Crippen molar-refractivity contribution in [3.05, 3.63) is 21.9 Å². The average molecular weight is 346 g/mol. The molecule has 1 aliphatic heterocycles. The van der Waals surface area contributed by atoms with E-state index in [-0.39, 0.29) is 5.91 Å². The van der Waals surface area contributed by atoms with E-state index in [1.165, 1.54) is 4.88 Å². The van der Waals surface area contributed by atoms with E-state index in [1.54, 1.807) is 11.3 Å². The Labute approximate surface area is 127 Å². The number of thiophene rings is 1. The Morgan fingerprint density at radius 3 is 2.79 bits per heavy atom. The third-order valence-electron chi connectivity index (χ3n) is 3.38. The van der Waals surface area contributed by atoms with Crippen molar-refractivity contribution < 1.29 is 9.53 Å². The second kappa shape index (κ2) is 7.41. The maximum absolute atomic E-state index is 12.3. The number of carbonyl (C=O) groups excluding carboxylic acids is 1. The van der Waals surface area contributed by atoms with Crippen LogP contribution in [0.5, 0.6) is 0 Å². The summed E-state index contributed by atoms with van der Waals surface area (Å²) in [5.41, 5.74) is 0. The molecule has 0 bridgehead atoms. The minimum absolute atomic E-state index is 0.184. The number of hydrogen-bond donors (Lipinski definition) is 0. The normalized spacial score (nSPS) is 16.8. The van der Waals surface area contributed by atoms with Crippen LogP contribution in [-0.4, -0.2) is 41.9 Å². The van der Waals surface area contributed by atoms with Gasteiger partial charge in [-0.25, -0.2) is 0 Å². The van der Waals surface area contributed by atoms with Crippen molar-refractivity contribution in [3.63, 3.8) is 0 Å². The lowest BCUT2D eigenvalue weighted by Crippen LogP contribution is -2.40. The van der Waals surface area contributed by atoms with Crippen molar-refractivity contribution in [2.75, 3.05) is 25.0 Å². The molecule has 0 aliphatic carbocycles. The van der Waals surface area contributed by atoms with Gasteiger partial charge in [0.1, 0.15) is 0 Å². The summed E-state index contributed by atoms with van der Waals surface area (Å²) in [5.74, 6) is 0.184. The molecule has 0 aromatic carbocycles. The SMILES string of the molecule is CCc1ccc(C(=O)N2CCC(OCCBr)CC2)s1. The van der Waals surface area contributed by atoms with Gasteiger partial charge in [-0.2, -0.15) is 0 Å². The molecule has 1 amide bonds. The average Bonchev–Trinajstić information content (AvgIpc) is 2.94. The van der Waals surface area contributed by atoms with E-state index in [0.717, 1.165) is 49.2 Å². The molecule has 3 nitrogen and oxygen atoms in total. The van der Waals surface area contributed by atoms with Crippen LogP contribution in [0.25, 0.3) is 0 Å². The molecule has 0 spiro atoms. The van der Waals surface area contributed by atoms with Crippen molar-refractivity contribution in [2.45, 2.75) is 32.3 Å². The summed E-state index contributed by atoms with van der Waals surface area (Å²) in [6.07, 6.45) is 3.21. The molecule has 5 heteroatoms. The minimum Gasteiger partial charge on any atom is -0.377 e. The Morgan fingerprint density at radius 1 is 1.47 bits per heavy atom. The number of halogens is 1. The number of aryl methyl sites for hydroxylation is 1. The highest BCUT2D eigenvalue weighted by molar-refractivity contribution is 9.09. The number of carbonyl (C=O) groups is 1. The Morgan fingerprint density at radius 2 is 2.21 bits per heavy atom. The number of rotatable bonds is 5. The summed E-state index contributed by atoms with van der Waals surface area (Å²) in [7, 11) is 0. The molecule has 0 unspecified atom stereocenters. The van der Waals surface area contributed by atoms with Crippen molar-refractivity contribution in [2.24, 2.45) is 0 Å². The first-order chi connectivity index (χ1) is 9.24. The highest BCUT2D eigenvalue weighted by Gasteiger charge is 2.24. The topological polar surface area (TPSA) is 29.5 Å². The zero-order valence-corrected chi connectivity index (χ0v) is 13.6. The maximum atomic E-state index is 12.3. The number of nitrogens with zero attached hydrogens (tertiary/aromatic N) is 1. The minimum atomic E-state index is 0.184. The van der Waals surface area contributed by atoms with Crippen molar-refractivity contribution in [1.29, 1.82) is 0 Å². The lowest BCUT2D eigenvalue weighted by atomic mass is 10.1. The van der Waals surface area contributed by atoms with Crippen molar-refractivity contribution >= 4 is 33.2 Å². The van der Waals surface area contributed by atoms with E-state index in [9.17, 15) is 4.79 Å². The largest absolute Gasteiger partial charge is 0.377 e. The molecule has 1 aromatic rings. The van der Waals surface area contributed by atoms with Crippen molar-refractivity contribution in [3.8, 4) is 0 Å². The zero-order valence-electron chi connectivity index (χ0n) is 11.2. The molecule has 1 aromatic heterocycles. The molecule has 2 rings (SSSR count). The first-order valence-corrected chi connectivity index (χ1v) is 8.74. The van der Waals surface area contributed by atoms with E-state index in [1.807, 2.05) is 11.0 Å². The molecule has 0 saturated carbocycles. The fourth-order valence-corrected chi connectivity index (χ4v) is 3.38. The first kappa shape index (κ1) is 15.0. The lowest BCUT2D eigenvalue weighted by Gasteiger charge is -2.31. The standard InChI is InChI=1S/C14H20BrNO2S/c1-2-12-3-4-13(19-12)14(17)16-8-5-11(6-9-16)18-10-7-15/h3-4,11H,2,5-10H2,1H3. The Bertz CT molecular complexity index is 413. The molecule has 1 fully saturated rings. The van der Waals surface area contributed by atoms with Gasteiger partial charge in [-0.1, -0.05) is 22.9 Å². The van der Waals surface area contributed by atoms with Crippen LogP contribution < -0.4 is 0 Å². The van der Waals surface area contributed by atoms with Gasteiger partial charge in [0.05, 0.1) is 17.6 Å². The summed E-state index contributed by atoms with van der Waals surface area (Å²) < 4.78 is 5.71. The van der Waals surface area contributed by atoms with E-state index >= 15 is 0 Å². The van der Waals surface area contributed by atoms with Gasteiger partial charge in [-0.05, 0) is 31.4 Å². The quantitative estimate of drug-likeness (QED) is 0.766. The lowest BCUT2D eigenvalue weighted by molar-refractivity contribution is 0.0161. The monoisotopic (exact) mass is 345 g/mol. The summed E-state index contributed by atoms with van der Waals surface area (Å²) in [6, 6.07) is 4.02. The van der Waals surface area contributed by atoms with Gasteiger partial charge in [0.2, 0.25) is 0 Å². The number of ether oxygens (including phenoxy) is 1. The fraction of sp³-hybridized carbons (Fsp3) is 0.643. The fourth-order valence-electron chi connectivity index (χ4n) is 2.28. The van der Waals surface area contributed by atoms with Crippen LogP contribution in [0.3, 0.4) is 0 Å². The van der Waals surface area contributed by atoms with Gasteiger partial charge in [0.15, 0.2) is 0 Å². The van der Waals surface area contributed by atoms with Crippen LogP contribution in [0.15, 0.2) is 12.1 Å². The van der Waals surface area contributed by atoms with Crippen molar-refractivity contribution in [1.82, 2.24) is 4.90 Å². The molecule has 2 heterocycles. The van der Waals surface area contributed by atoms with Crippen LogP contribution in [0.4, 0.5) is 0 Å². The number of hydrogen-bond acceptors (Lipinski definition) is 3. The third-order valence-corrected chi connectivity index (χ3v) is 4.92. The molecular weight excluding hydrogens is 326 g/mol. The predicted molar refractivity (Wildman–Crippen MR) is 82.4 cm³/mol. The smallest absolute Gasteiger partial charge is 0.263 e. The molecule has 1 aliphatic rings. The van der Waals surface area contributed by atoms with Crippen LogP contribution in [0, 0.1) is 0 Å². The second-order valence-corrected chi connectivity index (χ2v) is 6.63. The second-order valence-electron chi connectivity index (χ2n) is 4.67.